The molecule has 0 bridgehead atoms. The number of amides is 1. The van der Waals surface area contributed by atoms with Gasteiger partial charge in [-0.3, -0.25) is 4.79 Å². The Morgan fingerprint density at radius 3 is 2.77 bits per heavy atom. The third-order valence-corrected chi connectivity index (χ3v) is 7.92. The number of aromatic nitrogens is 2. The Morgan fingerprint density at radius 1 is 1.23 bits per heavy atom. The SMILES string of the molecule is Cc1csc2sc(-c3ccnc(SCC(=O)Nc4cccc(C(F)(F)F)c4)n3)c(C)c12. The van der Waals surface area contributed by atoms with Crippen LogP contribution in [0.3, 0.4) is 0 Å². The summed E-state index contributed by atoms with van der Waals surface area (Å²) < 4.78 is 39.7. The number of rotatable bonds is 5. The van der Waals surface area contributed by atoms with Crippen LogP contribution in [-0.2, 0) is 11.0 Å². The number of carbonyl (C=O) groups is 1. The fourth-order valence-electron chi connectivity index (χ4n) is 3.11. The monoisotopic (exact) mass is 479 g/mol. The van der Waals surface area contributed by atoms with E-state index in [2.05, 4.69) is 34.5 Å². The zero-order valence-corrected chi connectivity index (χ0v) is 18.9. The second-order valence-corrected chi connectivity index (χ2v) is 9.88. The Balaban J connectivity index is 1.45. The van der Waals surface area contributed by atoms with E-state index < -0.39 is 17.6 Å². The summed E-state index contributed by atoms with van der Waals surface area (Å²) in [7, 11) is 0. The molecule has 160 valence electrons. The van der Waals surface area contributed by atoms with Crippen LogP contribution in [0, 0.1) is 13.8 Å². The summed E-state index contributed by atoms with van der Waals surface area (Å²) in [5.41, 5.74) is 2.50. The van der Waals surface area contributed by atoms with Crippen LogP contribution in [-0.4, -0.2) is 21.6 Å². The highest BCUT2D eigenvalue weighted by atomic mass is 32.2. The first-order valence-corrected chi connectivity index (χ1v) is 11.8. The Morgan fingerprint density at radius 2 is 2.03 bits per heavy atom. The zero-order chi connectivity index (χ0) is 22.2. The molecule has 0 spiro atoms. The lowest BCUT2D eigenvalue weighted by atomic mass is 10.1. The average molecular weight is 480 g/mol. The quantitative estimate of drug-likeness (QED) is 0.253. The first kappa shape index (κ1) is 21.8. The number of hydrogen-bond acceptors (Lipinski definition) is 6. The van der Waals surface area contributed by atoms with E-state index >= 15 is 0 Å². The number of halogens is 3. The number of anilines is 1. The lowest BCUT2D eigenvalue weighted by Crippen LogP contribution is -2.15. The van der Waals surface area contributed by atoms with E-state index in [-0.39, 0.29) is 11.4 Å². The number of aryl methyl sites for hydroxylation is 2. The van der Waals surface area contributed by atoms with Gasteiger partial charge in [-0.25, -0.2) is 9.97 Å². The van der Waals surface area contributed by atoms with Crippen LogP contribution in [0.15, 0.2) is 47.1 Å². The maximum absolute atomic E-state index is 12.8. The van der Waals surface area contributed by atoms with Gasteiger partial charge in [0.1, 0.15) is 0 Å². The minimum absolute atomic E-state index is 0.0165. The van der Waals surface area contributed by atoms with Gasteiger partial charge in [0.15, 0.2) is 5.16 Å². The first-order valence-electron chi connectivity index (χ1n) is 9.13. The van der Waals surface area contributed by atoms with E-state index in [4.69, 9.17) is 0 Å². The fourth-order valence-corrected chi connectivity index (χ4v) is 6.24. The predicted molar refractivity (Wildman–Crippen MR) is 121 cm³/mol. The van der Waals surface area contributed by atoms with Crippen LogP contribution in [0.5, 0.6) is 0 Å². The highest BCUT2D eigenvalue weighted by Crippen LogP contribution is 2.42. The summed E-state index contributed by atoms with van der Waals surface area (Å²) in [5.74, 6) is -0.445. The van der Waals surface area contributed by atoms with Gasteiger partial charge >= 0.3 is 6.18 Å². The molecule has 0 aliphatic heterocycles. The van der Waals surface area contributed by atoms with Crippen LogP contribution < -0.4 is 5.32 Å². The Bertz CT molecular complexity index is 1260. The number of thiophene rings is 2. The van der Waals surface area contributed by atoms with Crippen molar-refractivity contribution in [2.75, 3.05) is 11.1 Å². The molecule has 0 fully saturated rings. The molecule has 1 amide bonds. The van der Waals surface area contributed by atoms with Crippen molar-refractivity contribution in [3.05, 3.63) is 58.6 Å². The van der Waals surface area contributed by atoms with Crippen LogP contribution in [0.25, 0.3) is 20.0 Å². The third-order valence-electron chi connectivity index (χ3n) is 4.52. The minimum atomic E-state index is -4.46. The summed E-state index contributed by atoms with van der Waals surface area (Å²) in [6.07, 6.45) is -2.81. The van der Waals surface area contributed by atoms with E-state index in [0.717, 1.165) is 34.5 Å². The minimum Gasteiger partial charge on any atom is -0.325 e. The van der Waals surface area contributed by atoms with Gasteiger partial charge in [-0.15, -0.1) is 22.7 Å². The highest BCUT2D eigenvalue weighted by molar-refractivity contribution is 7.99. The van der Waals surface area contributed by atoms with Crippen molar-refractivity contribution in [2.24, 2.45) is 0 Å². The van der Waals surface area contributed by atoms with Gasteiger partial charge in [0.05, 0.1) is 25.9 Å². The van der Waals surface area contributed by atoms with E-state index in [1.165, 1.54) is 32.7 Å². The molecular formula is C21H16F3N3OS3. The number of alkyl halides is 3. The van der Waals surface area contributed by atoms with Gasteiger partial charge in [0.2, 0.25) is 5.91 Å². The molecule has 0 saturated carbocycles. The molecule has 4 aromatic rings. The maximum Gasteiger partial charge on any atom is 0.416 e. The van der Waals surface area contributed by atoms with Crippen molar-refractivity contribution in [3.63, 3.8) is 0 Å². The van der Waals surface area contributed by atoms with Gasteiger partial charge in [0, 0.05) is 17.3 Å². The summed E-state index contributed by atoms with van der Waals surface area (Å²) in [6.45, 7) is 4.16. The Labute approximate surface area is 188 Å². The molecule has 0 aliphatic carbocycles. The number of fused-ring (bicyclic) bond motifs is 1. The van der Waals surface area contributed by atoms with Crippen molar-refractivity contribution in [3.8, 4) is 10.6 Å². The standard InChI is InChI=1S/C21H16F3N3OS3/c1-11-9-29-19-17(11)12(2)18(31-19)15-6-7-25-20(27-15)30-10-16(28)26-14-5-3-4-13(8-14)21(22,23)24/h3-9H,10H2,1-2H3,(H,26,28). The van der Waals surface area contributed by atoms with Gasteiger partial charge in [0.25, 0.3) is 0 Å². The second kappa shape index (κ2) is 8.60. The van der Waals surface area contributed by atoms with Gasteiger partial charge in [-0.05, 0) is 54.6 Å². The number of carbonyl (C=O) groups excluding carboxylic acids is 1. The molecule has 0 unspecified atom stereocenters. The molecule has 0 atom stereocenters. The smallest absolute Gasteiger partial charge is 0.325 e. The number of thioether (sulfide) groups is 1. The molecule has 4 rings (SSSR count). The lowest BCUT2D eigenvalue weighted by molar-refractivity contribution is -0.137. The molecule has 3 heterocycles. The number of benzene rings is 1. The molecule has 3 aromatic heterocycles. The van der Waals surface area contributed by atoms with Crippen LogP contribution in [0.4, 0.5) is 18.9 Å². The van der Waals surface area contributed by atoms with Crippen molar-refractivity contribution in [2.45, 2.75) is 25.2 Å². The topological polar surface area (TPSA) is 54.9 Å². The van der Waals surface area contributed by atoms with Crippen molar-refractivity contribution >= 4 is 55.4 Å². The van der Waals surface area contributed by atoms with E-state index in [1.54, 1.807) is 28.9 Å². The highest BCUT2D eigenvalue weighted by Gasteiger charge is 2.30. The Kier molecular flexibility index (Phi) is 6.05. The largest absolute Gasteiger partial charge is 0.416 e. The lowest BCUT2D eigenvalue weighted by Gasteiger charge is -2.09. The summed E-state index contributed by atoms with van der Waals surface area (Å²) in [5, 5.41) is 6.33. The molecule has 31 heavy (non-hydrogen) atoms. The van der Waals surface area contributed by atoms with E-state index in [1.807, 2.05) is 6.07 Å². The van der Waals surface area contributed by atoms with E-state index in [9.17, 15) is 18.0 Å². The number of hydrogen-bond donors (Lipinski definition) is 1. The average Bonchev–Trinajstić information content (AvgIpc) is 3.26. The van der Waals surface area contributed by atoms with Gasteiger partial charge in [-0.2, -0.15) is 13.2 Å². The molecule has 1 N–H and O–H groups in total. The van der Waals surface area contributed by atoms with Crippen molar-refractivity contribution in [1.82, 2.24) is 9.97 Å². The molecule has 0 aliphatic rings. The molecule has 4 nitrogen and oxygen atoms in total. The molecule has 10 heteroatoms. The summed E-state index contributed by atoms with van der Waals surface area (Å²) in [4.78, 5) is 22.1. The van der Waals surface area contributed by atoms with Crippen molar-refractivity contribution < 1.29 is 18.0 Å². The maximum atomic E-state index is 12.8. The van der Waals surface area contributed by atoms with E-state index in [0.29, 0.717) is 5.16 Å². The first-order chi connectivity index (χ1) is 14.7. The van der Waals surface area contributed by atoms with Gasteiger partial charge < -0.3 is 5.32 Å². The summed E-state index contributed by atoms with van der Waals surface area (Å²) in [6, 6.07) is 6.38. The normalized spacial score (nSPS) is 11.8. The zero-order valence-electron chi connectivity index (χ0n) is 16.4. The predicted octanol–water partition coefficient (Wildman–Crippen LogP) is 6.79. The molecule has 1 aromatic carbocycles. The van der Waals surface area contributed by atoms with Gasteiger partial charge in [-0.1, -0.05) is 17.8 Å². The second-order valence-electron chi connectivity index (χ2n) is 6.78. The fraction of sp³-hybridized carbons (Fsp3) is 0.190. The summed E-state index contributed by atoms with van der Waals surface area (Å²) >= 11 is 4.53. The van der Waals surface area contributed by atoms with Crippen molar-refractivity contribution in [1.29, 1.82) is 0 Å². The Hall–Kier alpha value is -2.43. The number of nitrogens with zero attached hydrogens (tertiary/aromatic N) is 2. The van der Waals surface area contributed by atoms with Crippen LogP contribution in [0.1, 0.15) is 16.7 Å². The van der Waals surface area contributed by atoms with Crippen LogP contribution >= 0.6 is 34.4 Å². The molecular weight excluding hydrogens is 463 g/mol. The molecule has 0 radical (unpaired) electrons. The molecule has 0 saturated heterocycles. The third kappa shape index (κ3) is 4.76. The number of nitrogens with one attached hydrogen (secondary N) is 1. The van der Waals surface area contributed by atoms with Crippen LogP contribution in [0.2, 0.25) is 0 Å².